The van der Waals surface area contributed by atoms with Crippen LogP contribution in [0, 0.1) is 18.6 Å². The van der Waals surface area contributed by atoms with Crippen LogP contribution in [0.1, 0.15) is 42.9 Å². The van der Waals surface area contributed by atoms with Crippen molar-refractivity contribution in [2.45, 2.75) is 45.6 Å². The lowest BCUT2D eigenvalue weighted by Gasteiger charge is -2.20. The number of rotatable bonds is 9. The average molecular weight is 433 g/mol. The number of nitrogens with zero attached hydrogens (tertiary/aromatic N) is 2. The number of nitrogens with one attached hydrogen (secondary N) is 1. The Kier molecular flexibility index (Phi) is 7.19. The summed E-state index contributed by atoms with van der Waals surface area (Å²) in [6.07, 6.45) is 1.68. The summed E-state index contributed by atoms with van der Waals surface area (Å²) >= 11 is 0. The lowest BCUT2D eigenvalue weighted by atomic mass is 10.1. The van der Waals surface area contributed by atoms with Gasteiger partial charge in [-0.05, 0) is 37.6 Å². The first-order valence-electron chi connectivity index (χ1n) is 9.92. The Morgan fingerprint density at radius 1 is 1.26 bits per heavy atom. The Bertz CT molecular complexity index is 1050. The molecule has 7 nitrogen and oxygen atoms in total. The Balaban J connectivity index is 1.88. The van der Waals surface area contributed by atoms with Gasteiger partial charge in [0.15, 0.2) is 11.4 Å². The van der Waals surface area contributed by atoms with Crippen molar-refractivity contribution in [3.8, 4) is 5.75 Å². The number of aliphatic hydroxyl groups excluding tert-OH is 1. The van der Waals surface area contributed by atoms with E-state index in [9.17, 15) is 18.7 Å². The Morgan fingerprint density at radius 2 is 1.97 bits per heavy atom. The van der Waals surface area contributed by atoms with Crippen molar-refractivity contribution < 1.29 is 28.2 Å². The molecule has 0 saturated carbocycles. The maximum absolute atomic E-state index is 13.9. The van der Waals surface area contributed by atoms with Crippen molar-refractivity contribution in [3.05, 3.63) is 65.1 Å². The number of aromatic nitrogens is 2. The summed E-state index contributed by atoms with van der Waals surface area (Å²) in [5, 5.41) is 13.7. The van der Waals surface area contributed by atoms with Crippen LogP contribution in [-0.2, 0) is 16.1 Å². The second-order valence-corrected chi connectivity index (χ2v) is 7.07. The number of pyridine rings is 1. The maximum atomic E-state index is 13.9. The van der Waals surface area contributed by atoms with Crippen LogP contribution in [-0.4, -0.2) is 33.6 Å². The van der Waals surface area contributed by atoms with E-state index in [4.69, 9.17) is 9.47 Å². The maximum Gasteiger partial charge on any atom is 0.322 e. The van der Waals surface area contributed by atoms with E-state index in [0.717, 1.165) is 18.6 Å². The summed E-state index contributed by atoms with van der Waals surface area (Å²) in [5.74, 6) is -1.57. The average Bonchev–Trinajstić information content (AvgIpc) is 3.09. The van der Waals surface area contributed by atoms with E-state index >= 15 is 0 Å². The van der Waals surface area contributed by atoms with Gasteiger partial charge in [-0.25, -0.2) is 13.8 Å². The van der Waals surface area contributed by atoms with E-state index in [1.165, 1.54) is 13.2 Å². The Hall–Kier alpha value is -3.04. The largest absolute Gasteiger partial charge is 0.485 e. The molecule has 0 bridgehead atoms. The smallest absolute Gasteiger partial charge is 0.322 e. The minimum absolute atomic E-state index is 0.185. The fraction of sp³-hybridized carbons (Fsp3) is 0.364. The normalized spacial score (nSPS) is 13.2. The quantitative estimate of drug-likeness (QED) is 0.397. The number of methoxy groups -OCH3 is 1. The van der Waals surface area contributed by atoms with Crippen molar-refractivity contribution in [1.82, 2.24) is 14.7 Å². The molecule has 0 amide bonds. The molecule has 2 unspecified atom stereocenters. The topological polar surface area (TPSA) is 85.1 Å². The van der Waals surface area contributed by atoms with Gasteiger partial charge in [-0.15, -0.1) is 0 Å². The molecule has 166 valence electrons. The summed E-state index contributed by atoms with van der Waals surface area (Å²) < 4.78 is 39.9. The van der Waals surface area contributed by atoms with Crippen LogP contribution < -0.4 is 10.1 Å². The molecule has 0 saturated heterocycles. The van der Waals surface area contributed by atoms with Gasteiger partial charge in [-0.2, -0.15) is 0 Å². The first kappa shape index (κ1) is 22.6. The van der Waals surface area contributed by atoms with Crippen LogP contribution in [0.2, 0.25) is 0 Å². The van der Waals surface area contributed by atoms with Crippen molar-refractivity contribution in [3.63, 3.8) is 0 Å². The van der Waals surface area contributed by atoms with Crippen molar-refractivity contribution >= 4 is 11.6 Å². The predicted molar refractivity (Wildman–Crippen MR) is 109 cm³/mol. The number of fused-ring (bicyclic) bond motifs is 1. The first-order valence-corrected chi connectivity index (χ1v) is 9.92. The molecule has 2 heterocycles. The van der Waals surface area contributed by atoms with Crippen LogP contribution in [0.25, 0.3) is 5.65 Å². The molecule has 9 heteroatoms. The minimum Gasteiger partial charge on any atom is -0.485 e. The lowest BCUT2D eigenvalue weighted by molar-refractivity contribution is -0.144. The van der Waals surface area contributed by atoms with Gasteiger partial charge in [0.1, 0.15) is 30.5 Å². The van der Waals surface area contributed by atoms with Crippen LogP contribution in [0.5, 0.6) is 5.75 Å². The number of hydrogen-bond acceptors (Lipinski definition) is 6. The SMILES string of the molecule is CCCC(NC(O)c1c(C)nc2c(OCc3c(F)cccc3F)cccn12)C(=O)OC. The predicted octanol–water partition coefficient (Wildman–Crippen LogP) is 3.42. The number of ether oxygens (including phenoxy) is 2. The molecule has 1 aromatic carbocycles. The highest BCUT2D eigenvalue weighted by Crippen LogP contribution is 2.26. The van der Waals surface area contributed by atoms with Crippen LogP contribution in [0.15, 0.2) is 36.5 Å². The van der Waals surface area contributed by atoms with E-state index in [2.05, 4.69) is 10.3 Å². The summed E-state index contributed by atoms with van der Waals surface area (Å²) in [4.78, 5) is 16.4. The van der Waals surface area contributed by atoms with Crippen molar-refractivity contribution in [2.75, 3.05) is 7.11 Å². The molecule has 2 atom stereocenters. The van der Waals surface area contributed by atoms with E-state index in [-0.39, 0.29) is 12.2 Å². The number of benzene rings is 1. The molecule has 3 aromatic rings. The minimum atomic E-state index is -1.20. The number of carbonyl (C=O) groups excluding carboxylic acids is 1. The van der Waals surface area contributed by atoms with E-state index in [0.29, 0.717) is 29.2 Å². The van der Waals surface area contributed by atoms with Crippen molar-refractivity contribution in [2.24, 2.45) is 0 Å². The number of halogens is 2. The number of imidazole rings is 1. The highest BCUT2D eigenvalue weighted by molar-refractivity contribution is 5.75. The third-order valence-electron chi connectivity index (χ3n) is 4.95. The standard InChI is InChI=1S/C22H25F2N3O4/c1-4-7-17(22(29)30-3)26-21(28)19-13(2)25-20-18(10-6-11-27(19)20)31-12-14-15(23)8-5-9-16(14)24/h5-6,8-11,17,21,26,28H,4,7,12H2,1-3H3. The zero-order chi connectivity index (χ0) is 22.5. The summed E-state index contributed by atoms with van der Waals surface area (Å²) in [5.41, 5.74) is 1.11. The van der Waals surface area contributed by atoms with Gasteiger partial charge < -0.3 is 14.6 Å². The van der Waals surface area contributed by atoms with Gasteiger partial charge in [0.25, 0.3) is 0 Å². The Morgan fingerprint density at radius 3 is 2.61 bits per heavy atom. The molecule has 3 rings (SSSR count). The fourth-order valence-electron chi connectivity index (χ4n) is 3.41. The lowest BCUT2D eigenvalue weighted by Crippen LogP contribution is -2.40. The second kappa shape index (κ2) is 9.84. The molecule has 0 radical (unpaired) electrons. The Labute approximate surface area is 178 Å². The zero-order valence-electron chi connectivity index (χ0n) is 17.6. The summed E-state index contributed by atoms with van der Waals surface area (Å²) in [7, 11) is 1.29. The molecule has 0 aliphatic carbocycles. The molecule has 0 aliphatic rings. The molecule has 2 aromatic heterocycles. The third-order valence-corrected chi connectivity index (χ3v) is 4.95. The van der Waals surface area contributed by atoms with E-state index in [1.54, 1.807) is 29.7 Å². The van der Waals surface area contributed by atoms with Crippen LogP contribution >= 0.6 is 0 Å². The monoisotopic (exact) mass is 433 g/mol. The molecule has 2 N–H and O–H groups in total. The van der Waals surface area contributed by atoms with Crippen LogP contribution in [0.4, 0.5) is 8.78 Å². The number of aliphatic hydroxyl groups is 1. The fourth-order valence-corrected chi connectivity index (χ4v) is 3.41. The molecule has 0 spiro atoms. The van der Waals surface area contributed by atoms with Crippen molar-refractivity contribution in [1.29, 1.82) is 0 Å². The molecule has 0 fully saturated rings. The molecule has 0 aliphatic heterocycles. The number of aryl methyl sites for hydroxylation is 1. The summed E-state index contributed by atoms with van der Waals surface area (Å²) in [6.45, 7) is 3.31. The highest BCUT2D eigenvalue weighted by atomic mass is 19.1. The van der Waals surface area contributed by atoms with Gasteiger partial charge in [0.2, 0.25) is 0 Å². The number of esters is 1. The summed E-state index contributed by atoms with van der Waals surface area (Å²) in [6, 6.07) is 6.22. The van der Waals surface area contributed by atoms with Gasteiger partial charge in [-0.3, -0.25) is 14.5 Å². The highest BCUT2D eigenvalue weighted by Gasteiger charge is 2.26. The number of hydrogen-bond donors (Lipinski definition) is 2. The second-order valence-electron chi connectivity index (χ2n) is 7.07. The molecule has 31 heavy (non-hydrogen) atoms. The van der Waals surface area contributed by atoms with E-state index in [1.807, 2.05) is 6.92 Å². The van der Waals surface area contributed by atoms with Gasteiger partial charge in [0, 0.05) is 6.20 Å². The van der Waals surface area contributed by atoms with Gasteiger partial charge in [-0.1, -0.05) is 19.4 Å². The molecular formula is C22H25F2N3O4. The van der Waals surface area contributed by atoms with Gasteiger partial charge >= 0.3 is 5.97 Å². The van der Waals surface area contributed by atoms with E-state index < -0.39 is 29.9 Å². The van der Waals surface area contributed by atoms with Gasteiger partial charge in [0.05, 0.1) is 24.1 Å². The first-order chi connectivity index (χ1) is 14.9. The number of carbonyl (C=O) groups is 1. The van der Waals surface area contributed by atoms with Crippen LogP contribution in [0.3, 0.4) is 0 Å². The third kappa shape index (κ3) is 4.83. The molecular weight excluding hydrogens is 408 g/mol. The zero-order valence-corrected chi connectivity index (χ0v) is 17.6.